The zero-order valence-corrected chi connectivity index (χ0v) is 9.86. The van der Waals surface area contributed by atoms with E-state index < -0.39 is 5.97 Å². The van der Waals surface area contributed by atoms with E-state index in [1.807, 2.05) is 0 Å². The highest BCUT2D eigenvalue weighted by Gasteiger charge is 2.11. The molecule has 0 aliphatic carbocycles. The SMILES string of the molecule is COC(=O)c1ccccc1OC/C=C\Br. The molecule has 1 rings (SSSR count). The molecule has 0 saturated carbocycles. The fourth-order valence-corrected chi connectivity index (χ4v) is 1.20. The Morgan fingerprint density at radius 2 is 2.20 bits per heavy atom. The minimum absolute atomic E-state index is 0.395. The molecular formula is C11H11BrO3. The van der Waals surface area contributed by atoms with Gasteiger partial charge in [-0.25, -0.2) is 4.79 Å². The summed E-state index contributed by atoms with van der Waals surface area (Å²) >= 11 is 3.13. The third-order valence-corrected chi connectivity index (χ3v) is 2.09. The van der Waals surface area contributed by atoms with Crippen molar-refractivity contribution in [2.24, 2.45) is 0 Å². The number of rotatable bonds is 4. The van der Waals surface area contributed by atoms with Crippen LogP contribution in [-0.4, -0.2) is 19.7 Å². The van der Waals surface area contributed by atoms with Gasteiger partial charge in [-0.3, -0.25) is 0 Å². The van der Waals surface area contributed by atoms with Gasteiger partial charge in [0.05, 0.1) is 7.11 Å². The second-order valence-corrected chi connectivity index (χ2v) is 3.19. The number of benzene rings is 1. The lowest BCUT2D eigenvalue weighted by molar-refractivity contribution is 0.0596. The number of methoxy groups -OCH3 is 1. The molecule has 0 aliphatic heterocycles. The van der Waals surface area contributed by atoms with Crippen LogP contribution in [-0.2, 0) is 4.74 Å². The Hall–Kier alpha value is -1.29. The number of hydrogen-bond donors (Lipinski definition) is 0. The summed E-state index contributed by atoms with van der Waals surface area (Å²) in [6, 6.07) is 6.96. The lowest BCUT2D eigenvalue weighted by Gasteiger charge is -2.07. The third-order valence-electron chi connectivity index (χ3n) is 1.72. The molecule has 1 aromatic carbocycles. The summed E-state index contributed by atoms with van der Waals surface area (Å²) in [4.78, 5) is 13.0. The van der Waals surface area contributed by atoms with E-state index in [1.165, 1.54) is 7.11 Å². The predicted octanol–water partition coefficient (Wildman–Crippen LogP) is 2.76. The van der Waals surface area contributed by atoms with Gasteiger partial charge >= 0.3 is 5.97 Å². The Morgan fingerprint density at radius 3 is 2.87 bits per heavy atom. The number of esters is 1. The van der Waals surface area contributed by atoms with Gasteiger partial charge in [0.25, 0.3) is 0 Å². The zero-order chi connectivity index (χ0) is 11.1. The number of carbonyl (C=O) groups excluding carboxylic acids is 1. The van der Waals surface area contributed by atoms with Crippen molar-refractivity contribution in [1.29, 1.82) is 0 Å². The molecular weight excluding hydrogens is 260 g/mol. The summed E-state index contributed by atoms with van der Waals surface area (Å²) < 4.78 is 10.0. The Kier molecular flexibility index (Phi) is 4.90. The molecule has 0 unspecified atom stereocenters. The van der Waals surface area contributed by atoms with E-state index in [9.17, 15) is 4.79 Å². The maximum absolute atomic E-state index is 11.3. The highest BCUT2D eigenvalue weighted by Crippen LogP contribution is 2.18. The second-order valence-electron chi connectivity index (χ2n) is 2.66. The van der Waals surface area contributed by atoms with Crippen molar-refractivity contribution in [3.05, 3.63) is 40.9 Å². The molecule has 4 heteroatoms. The Balaban J connectivity index is 2.81. The van der Waals surface area contributed by atoms with E-state index in [2.05, 4.69) is 20.7 Å². The Morgan fingerprint density at radius 1 is 1.47 bits per heavy atom. The zero-order valence-electron chi connectivity index (χ0n) is 8.27. The molecule has 0 atom stereocenters. The van der Waals surface area contributed by atoms with Crippen LogP contribution in [0.15, 0.2) is 35.3 Å². The highest BCUT2D eigenvalue weighted by atomic mass is 79.9. The smallest absolute Gasteiger partial charge is 0.341 e. The van der Waals surface area contributed by atoms with Gasteiger partial charge in [-0.1, -0.05) is 28.1 Å². The van der Waals surface area contributed by atoms with Crippen LogP contribution in [0.25, 0.3) is 0 Å². The summed E-state index contributed by atoms with van der Waals surface area (Å²) in [5, 5.41) is 0. The maximum atomic E-state index is 11.3. The van der Waals surface area contributed by atoms with Gasteiger partial charge in [0.15, 0.2) is 0 Å². The minimum Gasteiger partial charge on any atom is -0.489 e. The van der Waals surface area contributed by atoms with Gasteiger partial charge in [0.2, 0.25) is 0 Å². The van der Waals surface area contributed by atoms with Crippen LogP contribution in [0.4, 0.5) is 0 Å². The van der Waals surface area contributed by atoms with Crippen molar-refractivity contribution in [3.63, 3.8) is 0 Å². The fraction of sp³-hybridized carbons (Fsp3) is 0.182. The van der Waals surface area contributed by atoms with Crippen LogP contribution in [0.5, 0.6) is 5.75 Å². The first-order valence-electron chi connectivity index (χ1n) is 4.35. The molecule has 0 spiro atoms. The van der Waals surface area contributed by atoms with E-state index in [0.29, 0.717) is 17.9 Å². The van der Waals surface area contributed by atoms with Crippen LogP contribution in [0.1, 0.15) is 10.4 Å². The summed E-state index contributed by atoms with van der Waals surface area (Å²) in [6.45, 7) is 0.402. The van der Waals surface area contributed by atoms with Crippen LogP contribution < -0.4 is 4.74 Å². The topological polar surface area (TPSA) is 35.5 Å². The summed E-state index contributed by atoms with van der Waals surface area (Å²) in [6.07, 6.45) is 1.79. The molecule has 3 nitrogen and oxygen atoms in total. The van der Waals surface area contributed by atoms with Crippen LogP contribution >= 0.6 is 15.9 Å². The average molecular weight is 271 g/mol. The lowest BCUT2D eigenvalue weighted by Crippen LogP contribution is -2.05. The van der Waals surface area contributed by atoms with E-state index in [-0.39, 0.29) is 0 Å². The molecule has 0 radical (unpaired) electrons. The predicted molar refractivity (Wildman–Crippen MR) is 61.3 cm³/mol. The van der Waals surface area contributed by atoms with E-state index in [0.717, 1.165) is 0 Å². The largest absolute Gasteiger partial charge is 0.489 e. The van der Waals surface area contributed by atoms with E-state index in [1.54, 1.807) is 35.3 Å². The van der Waals surface area contributed by atoms with Crippen molar-refractivity contribution >= 4 is 21.9 Å². The molecule has 0 fully saturated rings. The quantitative estimate of drug-likeness (QED) is 0.790. The minimum atomic E-state index is -0.395. The highest BCUT2D eigenvalue weighted by molar-refractivity contribution is 9.11. The average Bonchev–Trinajstić information content (AvgIpc) is 2.29. The first-order valence-corrected chi connectivity index (χ1v) is 5.26. The molecule has 0 amide bonds. The van der Waals surface area contributed by atoms with Gasteiger partial charge < -0.3 is 9.47 Å². The molecule has 0 heterocycles. The standard InChI is InChI=1S/C11H11BrO3/c1-14-11(13)9-5-2-3-6-10(9)15-8-4-7-12/h2-7H,8H2,1H3/b7-4-. The van der Waals surface area contributed by atoms with E-state index >= 15 is 0 Å². The van der Waals surface area contributed by atoms with Crippen molar-refractivity contribution < 1.29 is 14.3 Å². The fourth-order valence-electron chi connectivity index (χ4n) is 1.05. The molecule has 80 valence electrons. The van der Waals surface area contributed by atoms with Crippen molar-refractivity contribution in [2.75, 3.05) is 13.7 Å². The van der Waals surface area contributed by atoms with Gasteiger partial charge in [0.1, 0.15) is 17.9 Å². The molecule has 0 aromatic heterocycles. The van der Waals surface area contributed by atoms with Crippen molar-refractivity contribution in [1.82, 2.24) is 0 Å². The molecule has 1 aromatic rings. The molecule has 0 aliphatic rings. The first-order chi connectivity index (χ1) is 7.29. The first kappa shape index (κ1) is 11.8. The number of para-hydroxylation sites is 1. The number of ether oxygens (including phenoxy) is 2. The van der Waals surface area contributed by atoms with Crippen molar-refractivity contribution in [3.8, 4) is 5.75 Å². The Bertz CT molecular complexity index is 361. The summed E-state index contributed by atoms with van der Waals surface area (Å²) in [7, 11) is 1.34. The summed E-state index contributed by atoms with van der Waals surface area (Å²) in [5.41, 5.74) is 0.433. The molecule has 0 saturated heterocycles. The monoisotopic (exact) mass is 270 g/mol. The number of halogens is 1. The number of hydrogen-bond acceptors (Lipinski definition) is 3. The maximum Gasteiger partial charge on any atom is 0.341 e. The van der Waals surface area contributed by atoms with E-state index in [4.69, 9.17) is 4.74 Å². The lowest BCUT2D eigenvalue weighted by atomic mass is 10.2. The van der Waals surface area contributed by atoms with Gasteiger partial charge in [-0.15, -0.1) is 0 Å². The van der Waals surface area contributed by atoms with Crippen LogP contribution in [0.3, 0.4) is 0 Å². The molecule has 15 heavy (non-hydrogen) atoms. The van der Waals surface area contributed by atoms with Crippen molar-refractivity contribution in [2.45, 2.75) is 0 Å². The summed E-state index contributed by atoms with van der Waals surface area (Å²) in [5.74, 6) is 0.128. The van der Waals surface area contributed by atoms with Gasteiger partial charge in [-0.2, -0.15) is 0 Å². The van der Waals surface area contributed by atoms with Crippen LogP contribution in [0.2, 0.25) is 0 Å². The van der Waals surface area contributed by atoms with Gasteiger partial charge in [0, 0.05) is 0 Å². The second kappa shape index (κ2) is 6.24. The molecule has 0 bridgehead atoms. The van der Waals surface area contributed by atoms with Gasteiger partial charge in [-0.05, 0) is 23.2 Å². The Labute approximate surface area is 96.8 Å². The molecule has 0 N–H and O–H groups in total. The van der Waals surface area contributed by atoms with Crippen LogP contribution in [0, 0.1) is 0 Å². The normalized spacial score (nSPS) is 10.3. The number of carbonyl (C=O) groups is 1. The third kappa shape index (κ3) is 3.40.